The molecule has 1 unspecified atom stereocenters. The summed E-state index contributed by atoms with van der Waals surface area (Å²) in [7, 11) is -5.47. The van der Waals surface area contributed by atoms with Gasteiger partial charge >= 0.3 is 0 Å². The smallest absolute Gasteiger partial charge is 0.197 e. The number of hydrogen-bond donors (Lipinski definition) is 2. The second-order valence-corrected chi connectivity index (χ2v) is 7.53. The molecular formula is C5H13O5PS. The summed E-state index contributed by atoms with van der Waals surface area (Å²) < 4.78 is 38.9. The molecule has 12 heavy (non-hydrogen) atoms. The topological polar surface area (TPSA) is 76.0 Å². The summed E-state index contributed by atoms with van der Waals surface area (Å²) in [4.78, 5) is 0. The zero-order valence-corrected chi connectivity index (χ0v) is 8.68. The van der Waals surface area contributed by atoms with Crippen LogP contribution in [0.5, 0.6) is 0 Å². The first-order valence-corrected chi connectivity index (χ1v) is 7.58. The van der Waals surface area contributed by atoms with Gasteiger partial charge in [0.05, 0.1) is 23.2 Å². The molecule has 7 heteroatoms. The average molecular weight is 216 g/mol. The molecule has 1 saturated heterocycles. The Hall–Kier alpha value is 0.420. The summed E-state index contributed by atoms with van der Waals surface area (Å²) in [5, 5.41) is 0. The fraction of sp³-hybridized carbons (Fsp3) is 1.00. The predicted molar refractivity (Wildman–Crippen MR) is 48.0 cm³/mol. The molecule has 0 aliphatic carbocycles. The molecule has 1 rings (SSSR count). The molecule has 1 fully saturated rings. The van der Waals surface area contributed by atoms with Gasteiger partial charge in [-0.2, -0.15) is 0 Å². The quantitative estimate of drug-likeness (QED) is 0.686. The third-order valence-corrected chi connectivity index (χ3v) is 3.37. The molecule has 0 aromatic rings. The summed E-state index contributed by atoms with van der Waals surface area (Å²) in [6, 6.07) is 0. The normalized spacial score (nSPS) is 31.8. The van der Waals surface area contributed by atoms with Crippen molar-refractivity contribution in [1.29, 1.82) is 0 Å². The molecule has 0 spiro atoms. The molecule has 1 heterocycles. The van der Waals surface area contributed by atoms with E-state index >= 15 is 0 Å². The molecule has 5 nitrogen and oxygen atoms in total. The van der Waals surface area contributed by atoms with Crippen molar-refractivity contribution < 1.29 is 22.4 Å². The van der Waals surface area contributed by atoms with Crippen LogP contribution in [0.1, 0.15) is 0 Å². The second kappa shape index (κ2) is 3.29. The van der Waals surface area contributed by atoms with Crippen LogP contribution < -0.4 is 0 Å². The van der Waals surface area contributed by atoms with E-state index in [2.05, 4.69) is 4.18 Å². The van der Waals surface area contributed by atoms with E-state index in [1.165, 1.54) is 13.3 Å². The molecule has 0 aromatic heterocycles. The van der Waals surface area contributed by atoms with Crippen LogP contribution in [0.2, 0.25) is 0 Å². The zero-order valence-electron chi connectivity index (χ0n) is 6.97. The van der Waals surface area contributed by atoms with Gasteiger partial charge in [0, 0.05) is 13.3 Å². The maximum absolute atomic E-state index is 11.1. The second-order valence-electron chi connectivity index (χ2n) is 3.04. The Morgan fingerprint density at radius 1 is 1.58 bits per heavy atom. The Morgan fingerprint density at radius 3 is 2.50 bits per heavy atom. The molecule has 2 N–H and O–H groups in total. The lowest BCUT2D eigenvalue weighted by Gasteiger charge is -2.18. The van der Waals surface area contributed by atoms with Gasteiger partial charge in [0.25, 0.3) is 0 Å². The first kappa shape index (κ1) is 10.5. The number of hydrogen-bond acceptors (Lipinski definition) is 5. The van der Waals surface area contributed by atoms with Gasteiger partial charge in [-0.25, -0.2) is 0 Å². The molecular weight excluding hydrogens is 203 g/mol. The number of rotatable bonds is 2. The first-order chi connectivity index (χ1) is 5.29. The SMILES string of the molecule is CP(C)(=O)OC1COS(O)(O)C1. The van der Waals surface area contributed by atoms with Crippen LogP contribution >= 0.6 is 18.2 Å². The van der Waals surface area contributed by atoms with Crippen LogP contribution in [0.4, 0.5) is 0 Å². The molecule has 0 radical (unpaired) electrons. The van der Waals surface area contributed by atoms with E-state index in [1.807, 2.05) is 0 Å². The highest BCUT2D eigenvalue weighted by atomic mass is 32.3. The summed E-state index contributed by atoms with van der Waals surface area (Å²) in [5.41, 5.74) is 0. The van der Waals surface area contributed by atoms with E-state index in [1.54, 1.807) is 0 Å². The summed E-state index contributed by atoms with van der Waals surface area (Å²) >= 11 is 0. The van der Waals surface area contributed by atoms with Gasteiger partial charge in [-0.3, -0.25) is 8.75 Å². The van der Waals surface area contributed by atoms with Gasteiger partial charge in [0.1, 0.15) is 6.10 Å². The molecule has 1 aliphatic rings. The fourth-order valence-electron chi connectivity index (χ4n) is 0.943. The minimum Gasteiger partial charge on any atom is -0.322 e. The summed E-state index contributed by atoms with van der Waals surface area (Å²) in [6.07, 6.45) is -0.448. The maximum Gasteiger partial charge on any atom is 0.197 e. The molecule has 0 aromatic carbocycles. The van der Waals surface area contributed by atoms with E-state index in [-0.39, 0.29) is 12.4 Å². The van der Waals surface area contributed by atoms with Crippen molar-refractivity contribution in [1.82, 2.24) is 0 Å². The summed E-state index contributed by atoms with van der Waals surface area (Å²) in [5.74, 6) is 0.0265. The monoisotopic (exact) mass is 216 g/mol. The van der Waals surface area contributed by atoms with Crippen molar-refractivity contribution in [3.05, 3.63) is 0 Å². The Labute approximate surface area is 73.1 Å². The van der Waals surface area contributed by atoms with Gasteiger partial charge in [0.15, 0.2) is 7.37 Å². The van der Waals surface area contributed by atoms with Crippen LogP contribution in [0.25, 0.3) is 0 Å². The predicted octanol–water partition coefficient (Wildman–Crippen LogP) is 1.61. The van der Waals surface area contributed by atoms with Gasteiger partial charge in [-0.1, -0.05) is 0 Å². The van der Waals surface area contributed by atoms with Crippen molar-refractivity contribution in [3.8, 4) is 0 Å². The molecule has 0 bridgehead atoms. The van der Waals surface area contributed by atoms with Gasteiger partial charge < -0.3 is 13.6 Å². The van der Waals surface area contributed by atoms with Crippen LogP contribution in [-0.4, -0.2) is 40.9 Å². The minimum atomic E-state index is -2.91. The van der Waals surface area contributed by atoms with E-state index in [9.17, 15) is 4.57 Å². The molecule has 0 saturated carbocycles. The van der Waals surface area contributed by atoms with Crippen LogP contribution in [0, 0.1) is 0 Å². The fourth-order valence-corrected chi connectivity index (χ4v) is 3.01. The van der Waals surface area contributed by atoms with Crippen molar-refractivity contribution in [2.45, 2.75) is 6.10 Å². The van der Waals surface area contributed by atoms with E-state index in [0.717, 1.165) is 0 Å². The van der Waals surface area contributed by atoms with Crippen molar-refractivity contribution in [2.75, 3.05) is 25.7 Å². The maximum atomic E-state index is 11.1. The Balaban J connectivity index is 2.44. The van der Waals surface area contributed by atoms with E-state index in [0.29, 0.717) is 0 Å². The molecule has 1 atom stereocenters. The average Bonchev–Trinajstić information content (AvgIpc) is 2.05. The first-order valence-electron chi connectivity index (χ1n) is 3.42. The van der Waals surface area contributed by atoms with Gasteiger partial charge in [0.2, 0.25) is 0 Å². The van der Waals surface area contributed by atoms with Gasteiger partial charge in [-0.15, -0.1) is 0 Å². The lowest BCUT2D eigenvalue weighted by Crippen LogP contribution is -2.14. The Kier molecular flexibility index (Phi) is 2.88. The lowest BCUT2D eigenvalue weighted by molar-refractivity contribution is 0.179. The molecule has 74 valence electrons. The van der Waals surface area contributed by atoms with Crippen molar-refractivity contribution >= 4 is 18.2 Å². The third-order valence-electron chi connectivity index (χ3n) is 1.25. The highest BCUT2D eigenvalue weighted by molar-refractivity contribution is 8.20. The summed E-state index contributed by atoms with van der Waals surface area (Å²) in [6.45, 7) is 3.07. The Morgan fingerprint density at radius 2 is 2.17 bits per heavy atom. The van der Waals surface area contributed by atoms with Gasteiger partial charge in [-0.05, 0) is 0 Å². The largest absolute Gasteiger partial charge is 0.322 e. The van der Waals surface area contributed by atoms with Crippen LogP contribution in [-0.2, 0) is 13.3 Å². The molecule has 0 amide bonds. The lowest BCUT2D eigenvalue weighted by atomic mass is 10.5. The van der Waals surface area contributed by atoms with Crippen molar-refractivity contribution in [3.63, 3.8) is 0 Å². The van der Waals surface area contributed by atoms with Crippen LogP contribution in [0.3, 0.4) is 0 Å². The van der Waals surface area contributed by atoms with Crippen molar-refractivity contribution in [2.24, 2.45) is 0 Å². The highest BCUT2D eigenvalue weighted by Crippen LogP contribution is 2.50. The van der Waals surface area contributed by atoms with E-state index in [4.69, 9.17) is 13.6 Å². The molecule has 1 aliphatic heterocycles. The van der Waals surface area contributed by atoms with E-state index < -0.39 is 24.3 Å². The highest BCUT2D eigenvalue weighted by Gasteiger charge is 2.35. The van der Waals surface area contributed by atoms with Crippen LogP contribution in [0.15, 0.2) is 0 Å². The Bertz CT molecular complexity index is 212. The zero-order chi connectivity index (χ0) is 9.41. The minimum absolute atomic E-state index is 0.0265. The third kappa shape index (κ3) is 3.43. The standard InChI is InChI=1S/C5H13O5PS/c1-11(2,6)10-5-3-9-12(7,8)4-5/h5,7-8H,3-4H2,1-2H3.